The molecule has 1 amide bonds. The third kappa shape index (κ3) is 3.95. The van der Waals surface area contributed by atoms with E-state index in [4.69, 9.17) is 9.47 Å². The summed E-state index contributed by atoms with van der Waals surface area (Å²) in [7, 11) is 1.58. The van der Waals surface area contributed by atoms with Crippen molar-refractivity contribution in [2.45, 2.75) is 39.5 Å². The summed E-state index contributed by atoms with van der Waals surface area (Å²) in [5.41, 5.74) is 1.68. The molecule has 1 aliphatic carbocycles. The van der Waals surface area contributed by atoms with Crippen LogP contribution >= 0.6 is 11.3 Å². The molecule has 1 aromatic carbocycles. The fourth-order valence-electron chi connectivity index (χ4n) is 3.10. The van der Waals surface area contributed by atoms with E-state index < -0.39 is 0 Å². The normalized spacial score (nSPS) is 16.2. The SMILES string of the molecule is CCOc1cc(C(=O)Nc2nc3c(s2)CC(CC)CC3)ccc1OC. The Balaban J connectivity index is 1.74. The average molecular weight is 360 g/mol. The Bertz CT molecular complexity index is 757. The molecule has 1 atom stereocenters. The number of aromatic nitrogens is 1. The van der Waals surface area contributed by atoms with E-state index in [0.717, 1.165) is 24.5 Å². The van der Waals surface area contributed by atoms with E-state index in [9.17, 15) is 4.79 Å². The lowest BCUT2D eigenvalue weighted by molar-refractivity contribution is 0.102. The highest BCUT2D eigenvalue weighted by Crippen LogP contribution is 2.34. The van der Waals surface area contributed by atoms with Crippen molar-refractivity contribution in [1.82, 2.24) is 4.98 Å². The first-order valence-electron chi connectivity index (χ1n) is 8.75. The molecule has 5 nitrogen and oxygen atoms in total. The maximum atomic E-state index is 12.6. The summed E-state index contributed by atoms with van der Waals surface area (Å²) in [4.78, 5) is 18.5. The zero-order valence-electron chi connectivity index (χ0n) is 14.9. The number of nitrogens with zero attached hydrogens (tertiary/aromatic N) is 1. The second kappa shape index (κ2) is 7.87. The van der Waals surface area contributed by atoms with Gasteiger partial charge < -0.3 is 9.47 Å². The van der Waals surface area contributed by atoms with E-state index in [0.29, 0.717) is 28.8 Å². The molecule has 0 saturated carbocycles. The number of hydrogen-bond acceptors (Lipinski definition) is 5. The van der Waals surface area contributed by atoms with Crippen LogP contribution in [0.1, 0.15) is 47.6 Å². The molecule has 2 aromatic rings. The second-order valence-electron chi connectivity index (χ2n) is 6.16. The lowest BCUT2D eigenvalue weighted by atomic mass is 9.89. The molecule has 1 N–H and O–H groups in total. The Labute approximate surface area is 152 Å². The lowest BCUT2D eigenvalue weighted by Crippen LogP contribution is -2.13. The number of methoxy groups -OCH3 is 1. The van der Waals surface area contributed by atoms with Crippen LogP contribution in [-0.2, 0) is 12.8 Å². The van der Waals surface area contributed by atoms with Gasteiger partial charge in [0.15, 0.2) is 16.6 Å². The first-order chi connectivity index (χ1) is 12.1. The Kier molecular flexibility index (Phi) is 5.58. The van der Waals surface area contributed by atoms with Gasteiger partial charge in [-0.05, 0) is 50.3 Å². The van der Waals surface area contributed by atoms with E-state index in [-0.39, 0.29) is 5.91 Å². The van der Waals surface area contributed by atoms with Crippen molar-refractivity contribution >= 4 is 22.4 Å². The zero-order valence-corrected chi connectivity index (χ0v) is 15.7. The fourth-order valence-corrected chi connectivity index (χ4v) is 4.22. The van der Waals surface area contributed by atoms with Crippen LogP contribution in [0.4, 0.5) is 5.13 Å². The highest BCUT2D eigenvalue weighted by molar-refractivity contribution is 7.15. The zero-order chi connectivity index (χ0) is 17.8. The third-order valence-electron chi connectivity index (χ3n) is 4.57. The van der Waals surface area contributed by atoms with Crippen molar-refractivity contribution in [3.8, 4) is 11.5 Å². The quantitative estimate of drug-likeness (QED) is 0.833. The number of aryl methyl sites for hydroxylation is 1. The van der Waals surface area contributed by atoms with Gasteiger partial charge in [-0.25, -0.2) is 4.98 Å². The molecule has 6 heteroatoms. The number of benzene rings is 1. The number of fused-ring (bicyclic) bond motifs is 1. The molecule has 25 heavy (non-hydrogen) atoms. The van der Waals surface area contributed by atoms with Gasteiger partial charge in [-0.2, -0.15) is 0 Å². The Morgan fingerprint density at radius 2 is 2.20 bits per heavy atom. The summed E-state index contributed by atoms with van der Waals surface area (Å²) in [5.74, 6) is 1.75. The van der Waals surface area contributed by atoms with Gasteiger partial charge in [0.05, 0.1) is 19.4 Å². The monoisotopic (exact) mass is 360 g/mol. The van der Waals surface area contributed by atoms with Gasteiger partial charge in [-0.1, -0.05) is 13.3 Å². The molecule has 1 aliphatic rings. The maximum Gasteiger partial charge on any atom is 0.257 e. The topological polar surface area (TPSA) is 60.5 Å². The summed E-state index contributed by atoms with van der Waals surface area (Å²) in [5, 5.41) is 3.61. The highest BCUT2D eigenvalue weighted by Gasteiger charge is 2.22. The van der Waals surface area contributed by atoms with Gasteiger partial charge >= 0.3 is 0 Å². The molecule has 0 aliphatic heterocycles. The maximum absolute atomic E-state index is 12.6. The summed E-state index contributed by atoms with van der Waals surface area (Å²) in [6.07, 6.45) is 4.48. The number of ether oxygens (including phenoxy) is 2. The van der Waals surface area contributed by atoms with Crippen LogP contribution < -0.4 is 14.8 Å². The van der Waals surface area contributed by atoms with Gasteiger partial charge in [-0.3, -0.25) is 10.1 Å². The van der Waals surface area contributed by atoms with Crippen LogP contribution in [0.2, 0.25) is 0 Å². The largest absolute Gasteiger partial charge is 0.493 e. The van der Waals surface area contributed by atoms with Gasteiger partial charge in [-0.15, -0.1) is 11.3 Å². The molecular weight excluding hydrogens is 336 g/mol. The van der Waals surface area contributed by atoms with Crippen LogP contribution in [0.3, 0.4) is 0 Å². The molecule has 0 saturated heterocycles. The molecule has 0 radical (unpaired) electrons. The Morgan fingerprint density at radius 3 is 2.92 bits per heavy atom. The summed E-state index contributed by atoms with van der Waals surface area (Å²) < 4.78 is 10.8. The molecule has 0 spiro atoms. The molecule has 1 unspecified atom stereocenters. The Hall–Kier alpha value is -2.08. The minimum absolute atomic E-state index is 0.179. The number of carbonyl (C=O) groups is 1. The smallest absolute Gasteiger partial charge is 0.257 e. The molecule has 3 rings (SSSR count). The molecule has 0 fully saturated rings. The van der Waals surface area contributed by atoms with Crippen LogP contribution in [0.25, 0.3) is 0 Å². The predicted octanol–water partition coefficient (Wildman–Crippen LogP) is 4.32. The number of rotatable bonds is 6. The average Bonchev–Trinajstić information content (AvgIpc) is 3.03. The molecule has 134 valence electrons. The van der Waals surface area contributed by atoms with E-state index in [2.05, 4.69) is 17.2 Å². The number of carbonyl (C=O) groups excluding carboxylic acids is 1. The molecule has 1 aromatic heterocycles. The molecular formula is C19H24N2O3S. The standard InChI is InChI=1S/C19H24N2O3S/c1-4-12-6-8-14-17(10-12)25-19(20-14)21-18(22)13-7-9-15(23-3)16(11-13)24-5-2/h7,9,11-12H,4-6,8,10H2,1-3H3,(H,20,21,22). The third-order valence-corrected chi connectivity index (χ3v) is 5.60. The van der Waals surface area contributed by atoms with Crippen molar-refractivity contribution in [2.24, 2.45) is 5.92 Å². The van der Waals surface area contributed by atoms with E-state index >= 15 is 0 Å². The number of hydrogen-bond donors (Lipinski definition) is 1. The van der Waals surface area contributed by atoms with Crippen LogP contribution in [0.5, 0.6) is 11.5 Å². The van der Waals surface area contributed by atoms with E-state index in [1.165, 1.54) is 17.7 Å². The Morgan fingerprint density at radius 1 is 1.36 bits per heavy atom. The van der Waals surface area contributed by atoms with Crippen molar-refractivity contribution < 1.29 is 14.3 Å². The van der Waals surface area contributed by atoms with E-state index in [1.807, 2.05) is 6.92 Å². The highest BCUT2D eigenvalue weighted by atomic mass is 32.1. The molecule has 0 bridgehead atoms. The van der Waals surface area contributed by atoms with Gasteiger partial charge in [0, 0.05) is 10.4 Å². The van der Waals surface area contributed by atoms with Crippen molar-refractivity contribution in [1.29, 1.82) is 0 Å². The van der Waals surface area contributed by atoms with Crippen molar-refractivity contribution in [3.63, 3.8) is 0 Å². The van der Waals surface area contributed by atoms with Gasteiger partial charge in [0.1, 0.15) is 0 Å². The minimum atomic E-state index is -0.179. The van der Waals surface area contributed by atoms with Crippen LogP contribution in [0, 0.1) is 5.92 Å². The first-order valence-corrected chi connectivity index (χ1v) is 9.57. The van der Waals surface area contributed by atoms with Gasteiger partial charge in [0.25, 0.3) is 5.91 Å². The number of amides is 1. The number of nitrogens with one attached hydrogen (secondary N) is 1. The number of anilines is 1. The summed E-state index contributed by atoms with van der Waals surface area (Å²) in [6.45, 7) is 4.65. The predicted molar refractivity (Wildman–Crippen MR) is 100 cm³/mol. The van der Waals surface area contributed by atoms with Crippen molar-refractivity contribution in [3.05, 3.63) is 34.3 Å². The van der Waals surface area contributed by atoms with Gasteiger partial charge in [0.2, 0.25) is 0 Å². The second-order valence-corrected chi connectivity index (χ2v) is 7.24. The van der Waals surface area contributed by atoms with Crippen LogP contribution in [-0.4, -0.2) is 24.6 Å². The lowest BCUT2D eigenvalue weighted by Gasteiger charge is -2.18. The molecule has 1 heterocycles. The first kappa shape index (κ1) is 17.7. The van der Waals surface area contributed by atoms with E-state index in [1.54, 1.807) is 36.6 Å². The fraction of sp³-hybridized carbons (Fsp3) is 0.474. The van der Waals surface area contributed by atoms with Crippen LogP contribution in [0.15, 0.2) is 18.2 Å². The van der Waals surface area contributed by atoms with Crippen molar-refractivity contribution in [2.75, 3.05) is 19.0 Å². The summed E-state index contributed by atoms with van der Waals surface area (Å²) >= 11 is 1.60. The number of thiazole rings is 1. The summed E-state index contributed by atoms with van der Waals surface area (Å²) in [6, 6.07) is 5.19. The minimum Gasteiger partial charge on any atom is -0.493 e.